The van der Waals surface area contributed by atoms with Crippen molar-refractivity contribution in [3.8, 4) is 0 Å². The van der Waals surface area contributed by atoms with Crippen LogP contribution in [-0.4, -0.2) is 72.4 Å². The molecule has 2 N–H and O–H groups in total. The van der Waals surface area contributed by atoms with Crippen LogP contribution in [0.15, 0.2) is 48.8 Å². The average molecular weight is 427 g/mol. The zero-order valence-electron chi connectivity index (χ0n) is 16.3. The van der Waals surface area contributed by atoms with E-state index in [2.05, 4.69) is 14.7 Å². The van der Waals surface area contributed by atoms with Crippen LogP contribution in [0.5, 0.6) is 0 Å². The molecule has 1 aromatic heterocycles. The molecule has 4 rings (SSSR count). The van der Waals surface area contributed by atoms with Crippen molar-refractivity contribution in [2.45, 2.75) is 0 Å². The summed E-state index contributed by atoms with van der Waals surface area (Å²) in [5.41, 5.74) is 3.07. The van der Waals surface area contributed by atoms with E-state index >= 15 is 0 Å². The van der Waals surface area contributed by atoms with Gasteiger partial charge in [-0.1, -0.05) is 0 Å². The highest BCUT2D eigenvalue weighted by Crippen LogP contribution is 2.17. The lowest BCUT2D eigenvalue weighted by atomic mass is 10.1. The smallest absolute Gasteiger partial charge is 0.254 e. The molecule has 1 aliphatic heterocycles. The number of hydrogen-bond donors (Lipinski definition) is 2. The van der Waals surface area contributed by atoms with Crippen LogP contribution in [0.25, 0.3) is 11.0 Å². The Labute approximate surface area is 173 Å². The SMILES string of the molecule is CS(=O)(=O)Nc1ccc(C(=O)N2CCN(C(=O)c3ccc4nc[nH]c4c3)CC2)cc1. The Morgan fingerprint density at radius 2 is 1.50 bits per heavy atom. The minimum absolute atomic E-state index is 0.0743. The molecule has 0 spiro atoms. The molecular weight excluding hydrogens is 406 g/mol. The Kier molecular flexibility index (Phi) is 5.17. The third kappa shape index (κ3) is 4.28. The standard InChI is InChI=1S/C20H21N5O4S/c1-30(28,29)23-16-5-2-14(3-6-16)19(26)24-8-10-25(11-9-24)20(27)15-4-7-17-18(12-15)22-13-21-17/h2-7,12-13,23H,8-11H2,1H3,(H,21,22). The van der Waals surface area contributed by atoms with Crippen LogP contribution in [-0.2, 0) is 10.0 Å². The lowest BCUT2D eigenvalue weighted by molar-refractivity contribution is 0.0535. The van der Waals surface area contributed by atoms with Crippen molar-refractivity contribution in [3.63, 3.8) is 0 Å². The molecule has 156 valence electrons. The molecular formula is C20H21N5O4S. The van der Waals surface area contributed by atoms with Crippen molar-refractivity contribution in [2.75, 3.05) is 37.2 Å². The maximum Gasteiger partial charge on any atom is 0.254 e. The predicted octanol–water partition coefficient (Wildman–Crippen LogP) is 1.53. The zero-order chi connectivity index (χ0) is 21.3. The molecule has 2 heterocycles. The number of carbonyl (C=O) groups excluding carboxylic acids is 2. The van der Waals surface area contributed by atoms with Gasteiger partial charge in [0.25, 0.3) is 11.8 Å². The number of nitrogens with one attached hydrogen (secondary N) is 2. The number of sulfonamides is 1. The van der Waals surface area contributed by atoms with Gasteiger partial charge >= 0.3 is 0 Å². The van der Waals surface area contributed by atoms with E-state index in [1.165, 1.54) is 0 Å². The summed E-state index contributed by atoms with van der Waals surface area (Å²) >= 11 is 0. The first-order valence-corrected chi connectivity index (χ1v) is 11.3. The second-order valence-corrected chi connectivity index (χ2v) is 8.92. The second kappa shape index (κ2) is 7.79. The van der Waals surface area contributed by atoms with Gasteiger partial charge in [-0.2, -0.15) is 0 Å². The zero-order valence-corrected chi connectivity index (χ0v) is 17.1. The van der Waals surface area contributed by atoms with Gasteiger partial charge < -0.3 is 14.8 Å². The summed E-state index contributed by atoms with van der Waals surface area (Å²) in [7, 11) is -3.37. The maximum atomic E-state index is 12.8. The van der Waals surface area contributed by atoms with Gasteiger partial charge in [0, 0.05) is 43.0 Å². The summed E-state index contributed by atoms with van der Waals surface area (Å²) in [6, 6.07) is 11.6. The molecule has 1 saturated heterocycles. The minimum Gasteiger partial charge on any atom is -0.345 e. The molecule has 0 aliphatic carbocycles. The van der Waals surface area contributed by atoms with E-state index in [4.69, 9.17) is 0 Å². The highest BCUT2D eigenvalue weighted by Gasteiger charge is 2.25. The Bertz CT molecular complexity index is 1200. The van der Waals surface area contributed by atoms with Crippen molar-refractivity contribution in [1.82, 2.24) is 19.8 Å². The number of nitrogens with zero attached hydrogens (tertiary/aromatic N) is 3. The number of amides is 2. The molecule has 10 heteroatoms. The summed E-state index contributed by atoms with van der Waals surface area (Å²) in [6.07, 6.45) is 2.66. The molecule has 0 unspecified atom stereocenters. The number of carbonyl (C=O) groups is 2. The molecule has 0 atom stereocenters. The Balaban J connectivity index is 1.37. The highest BCUT2D eigenvalue weighted by molar-refractivity contribution is 7.92. The number of fused-ring (bicyclic) bond motifs is 1. The van der Waals surface area contributed by atoms with E-state index in [0.29, 0.717) is 43.0 Å². The predicted molar refractivity (Wildman–Crippen MR) is 113 cm³/mol. The van der Waals surface area contributed by atoms with Crippen LogP contribution >= 0.6 is 0 Å². The van der Waals surface area contributed by atoms with Crippen molar-refractivity contribution in [1.29, 1.82) is 0 Å². The van der Waals surface area contributed by atoms with Gasteiger partial charge in [-0.3, -0.25) is 14.3 Å². The first kappa shape index (κ1) is 19.9. The molecule has 3 aromatic rings. The summed E-state index contributed by atoms with van der Waals surface area (Å²) < 4.78 is 24.9. The Hall–Kier alpha value is -3.40. The quantitative estimate of drug-likeness (QED) is 0.655. The van der Waals surface area contributed by atoms with Gasteiger partial charge in [-0.15, -0.1) is 0 Å². The summed E-state index contributed by atoms with van der Waals surface area (Å²) in [5, 5.41) is 0. The molecule has 2 amide bonds. The number of hydrogen-bond acceptors (Lipinski definition) is 5. The van der Waals surface area contributed by atoms with Crippen molar-refractivity contribution < 1.29 is 18.0 Å². The molecule has 1 aliphatic rings. The first-order chi connectivity index (χ1) is 14.3. The van der Waals surface area contributed by atoms with Gasteiger partial charge in [0.05, 0.1) is 23.6 Å². The van der Waals surface area contributed by atoms with E-state index in [-0.39, 0.29) is 11.8 Å². The molecule has 2 aromatic carbocycles. The third-order valence-electron chi connectivity index (χ3n) is 4.96. The Morgan fingerprint density at radius 3 is 2.10 bits per heavy atom. The van der Waals surface area contributed by atoms with Crippen molar-refractivity contribution in [2.24, 2.45) is 0 Å². The Morgan fingerprint density at radius 1 is 0.933 bits per heavy atom. The number of benzene rings is 2. The molecule has 9 nitrogen and oxygen atoms in total. The lowest BCUT2D eigenvalue weighted by Crippen LogP contribution is -2.50. The fourth-order valence-corrected chi connectivity index (χ4v) is 4.01. The summed E-state index contributed by atoms with van der Waals surface area (Å²) in [6.45, 7) is 1.75. The topological polar surface area (TPSA) is 115 Å². The summed E-state index contributed by atoms with van der Waals surface area (Å²) in [4.78, 5) is 36.1. The van der Waals surface area contributed by atoms with Crippen molar-refractivity contribution in [3.05, 3.63) is 59.9 Å². The number of piperazine rings is 1. The van der Waals surface area contributed by atoms with Gasteiger partial charge in [-0.25, -0.2) is 13.4 Å². The van der Waals surface area contributed by atoms with Crippen LogP contribution < -0.4 is 4.72 Å². The van der Waals surface area contributed by atoms with Crippen molar-refractivity contribution >= 4 is 38.6 Å². The van der Waals surface area contributed by atoms with E-state index in [1.54, 1.807) is 58.6 Å². The second-order valence-electron chi connectivity index (χ2n) is 7.17. The average Bonchev–Trinajstić information content (AvgIpc) is 3.20. The van der Waals surface area contributed by atoms with E-state index in [0.717, 1.165) is 17.3 Å². The van der Waals surface area contributed by atoms with E-state index in [9.17, 15) is 18.0 Å². The molecule has 0 radical (unpaired) electrons. The normalized spacial score (nSPS) is 14.7. The largest absolute Gasteiger partial charge is 0.345 e. The number of rotatable bonds is 4. The number of anilines is 1. The number of aromatic amines is 1. The van der Waals surface area contributed by atoms with Crippen LogP contribution in [0.3, 0.4) is 0 Å². The molecule has 0 saturated carbocycles. The fourth-order valence-electron chi connectivity index (χ4n) is 3.44. The monoisotopic (exact) mass is 427 g/mol. The maximum absolute atomic E-state index is 12.8. The number of aromatic nitrogens is 2. The molecule has 0 bridgehead atoms. The number of imidazole rings is 1. The molecule has 30 heavy (non-hydrogen) atoms. The first-order valence-electron chi connectivity index (χ1n) is 9.40. The van der Waals surface area contributed by atoms with E-state index in [1.807, 2.05) is 0 Å². The fraction of sp³-hybridized carbons (Fsp3) is 0.250. The van der Waals surface area contributed by atoms with Gasteiger partial charge in [0.15, 0.2) is 0 Å². The van der Waals surface area contributed by atoms with Crippen LogP contribution in [0.4, 0.5) is 5.69 Å². The van der Waals surface area contributed by atoms with Crippen LogP contribution in [0, 0.1) is 0 Å². The third-order valence-corrected chi connectivity index (χ3v) is 5.56. The van der Waals surface area contributed by atoms with Crippen LogP contribution in [0.1, 0.15) is 20.7 Å². The minimum atomic E-state index is -3.37. The highest BCUT2D eigenvalue weighted by atomic mass is 32.2. The van der Waals surface area contributed by atoms with Gasteiger partial charge in [0.2, 0.25) is 10.0 Å². The number of H-pyrrole nitrogens is 1. The van der Waals surface area contributed by atoms with Gasteiger partial charge in [-0.05, 0) is 42.5 Å². The lowest BCUT2D eigenvalue weighted by Gasteiger charge is -2.35. The van der Waals surface area contributed by atoms with Crippen LogP contribution in [0.2, 0.25) is 0 Å². The van der Waals surface area contributed by atoms with Gasteiger partial charge in [0.1, 0.15) is 0 Å². The van der Waals surface area contributed by atoms with E-state index < -0.39 is 10.0 Å². The summed E-state index contributed by atoms with van der Waals surface area (Å²) in [5.74, 6) is -0.221. The molecule has 1 fully saturated rings.